The second kappa shape index (κ2) is 16.5. The van der Waals surface area contributed by atoms with E-state index in [9.17, 15) is 19.5 Å². The summed E-state index contributed by atoms with van der Waals surface area (Å²) in [6.07, 6.45) is -1.18. The third-order valence-corrected chi connectivity index (χ3v) is 7.39. The average Bonchev–Trinajstić information content (AvgIpc) is 3.42. The molecular formula is C34H50N4O7. The van der Waals surface area contributed by atoms with Gasteiger partial charge in [0.15, 0.2) is 11.5 Å². The molecule has 0 aromatic heterocycles. The smallest absolute Gasteiger partial charge is 0.407 e. The predicted octanol–water partition coefficient (Wildman–Crippen LogP) is 3.28. The van der Waals surface area contributed by atoms with E-state index in [1.165, 1.54) is 0 Å². The van der Waals surface area contributed by atoms with Crippen LogP contribution in [0.25, 0.3) is 0 Å². The van der Waals surface area contributed by atoms with Gasteiger partial charge in [-0.05, 0) is 83.3 Å². The summed E-state index contributed by atoms with van der Waals surface area (Å²) in [7, 11) is 3.84. The number of hydrogen-bond donors (Lipinski definition) is 4. The molecular weight excluding hydrogens is 576 g/mol. The number of rotatable bonds is 15. The van der Waals surface area contributed by atoms with Gasteiger partial charge >= 0.3 is 6.09 Å². The summed E-state index contributed by atoms with van der Waals surface area (Å²) in [4.78, 5) is 41.8. The maximum atomic E-state index is 13.9. The number of likely N-dealkylation sites (N-methyl/N-ethyl adjacent to an activating group) is 1. The molecule has 3 amide bonds. The highest BCUT2D eigenvalue weighted by Gasteiger charge is 2.33. The van der Waals surface area contributed by atoms with Crippen LogP contribution in [0.3, 0.4) is 0 Å². The molecule has 11 nitrogen and oxygen atoms in total. The van der Waals surface area contributed by atoms with Crippen LogP contribution >= 0.6 is 0 Å². The van der Waals surface area contributed by atoms with Crippen molar-refractivity contribution in [2.45, 2.75) is 77.7 Å². The van der Waals surface area contributed by atoms with Gasteiger partial charge in [0.05, 0.1) is 12.1 Å². The number of carbonyl (C=O) groups excluding carboxylic acids is 3. The Kier molecular flexibility index (Phi) is 13.0. The number of nitrogens with zero attached hydrogens (tertiary/aromatic N) is 1. The highest BCUT2D eigenvalue weighted by molar-refractivity contribution is 5.88. The zero-order valence-electron chi connectivity index (χ0n) is 27.6. The van der Waals surface area contributed by atoms with Crippen molar-refractivity contribution in [3.63, 3.8) is 0 Å². The third-order valence-electron chi connectivity index (χ3n) is 7.39. The number of amides is 3. The average molecular weight is 627 g/mol. The fourth-order valence-electron chi connectivity index (χ4n) is 5.02. The molecule has 45 heavy (non-hydrogen) atoms. The molecule has 0 bridgehead atoms. The molecule has 248 valence electrons. The molecule has 0 saturated heterocycles. The molecule has 0 fully saturated rings. The van der Waals surface area contributed by atoms with Crippen molar-refractivity contribution in [1.82, 2.24) is 20.9 Å². The lowest BCUT2D eigenvalue weighted by atomic mass is 9.88. The van der Waals surface area contributed by atoms with Crippen LogP contribution in [-0.4, -0.2) is 85.7 Å². The van der Waals surface area contributed by atoms with E-state index in [0.717, 1.165) is 11.1 Å². The SMILES string of the molecule is CC(C)[C@H](NC(=O)[C@H](Cc1ccc2c(c1)OCO2)C[C@H](O)[C@H](Cc1ccccc1)NC(=O)OC(C)(C)C)C(=O)NCCN(C)C. The number of aliphatic hydroxyl groups excluding tert-OH is 1. The number of carbonyl (C=O) groups is 3. The Labute approximate surface area is 267 Å². The van der Waals surface area contributed by atoms with Gasteiger partial charge in [0.1, 0.15) is 11.6 Å². The lowest BCUT2D eigenvalue weighted by Crippen LogP contribution is -2.53. The van der Waals surface area contributed by atoms with Gasteiger partial charge in [-0.15, -0.1) is 0 Å². The maximum absolute atomic E-state index is 13.9. The highest BCUT2D eigenvalue weighted by atomic mass is 16.7. The summed E-state index contributed by atoms with van der Waals surface area (Å²) in [5.41, 5.74) is 0.985. The topological polar surface area (TPSA) is 138 Å². The Bertz CT molecular complexity index is 1260. The van der Waals surface area contributed by atoms with Crippen molar-refractivity contribution in [3.8, 4) is 11.5 Å². The molecule has 0 unspecified atom stereocenters. The maximum Gasteiger partial charge on any atom is 0.407 e. The molecule has 1 aliphatic heterocycles. The minimum absolute atomic E-state index is 0.0145. The lowest BCUT2D eigenvalue weighted by molar-refractivity contribution is -0.132. The minimum Gasteiger partial charge on any atom is -0.454 e. The van der Waals surface area contributed by atoms with Crippen LogP contribution in [0.4, 0.5) is 4.79 Å². The van der Waals surface area contributed by atoms with Gasteiger partial charge in [0.2, 0.25) is 18.6 Å². The first-order valence-electron chi connectivity index (χ1n) is 15.5. The van der Waals surface area contributed by atoms with Crippen molar-refractivity contribution in [2.75, 3.05) is 34.0 Å². The Hall–Kier alpha value is -3.83. The molecule has 0 aliphatic carbocycles. The van der Waals surface area contributed by atoms with Crippen LogP contribution in [0.2, 0.25) is 0 Å². The number of aliphatic hydroxyl groups is 1. The Balaban J connectivity index is 1.85. The van der Waals surface area contributed by atoms with E-state index < -0.39 is 35.8 Å². The number of nitrogens with one attached hydrogen (secondary N) is 3. The van der Waals surface area contributed by atoms with Crippen molar-refractivity contribution in [1.29, 1.82) is 0 Å². The van der Waals surface area contributed by atoms with Crippen molar-refractivity contribution in [2.24, 2.45) is 11.8 Å². The number of benzene rings is 2. The van der Waals surface area contributed by atoms with Crippen molar-refractivity contribution in [3.05, 3.63) is 59.7 Å². The minimum atomic E-state index is -1.12. The highest BCUT2D eigenvalue weighted by Crippen LogP contribution is 2.33. The van der Waals surface area contributed by atoms with E-state index in [2.05, 4.69) is 16.0 Å². The lowest BCUT2D eigenvalue weighted by Gasteiger charge is -2.30. The molecule has 3 rings (SSSR count). The van der Waals surface area contributed by atoms with Crippen LogP contribution in [0, 0.1) is 11.8 Å². The third kappa shape index (κ3) is 11.9. The van der Waals surface area contributed by atoms with Crippen LogP contribution in [0.1, 0.15) is 52.2 Å². The van der Waals surface area contributed by atoms with Crippen LogP contribution in [0.15, 0.2) is 48.5 Å². The Morgan fingerprint density at radius 3 is 2.27 bits per heavy atom. The van der Waals surface area contributed by atoms with E-state index in [-0.39, 0.29) is 37.4 Å². The zero-order valence-corrected chi connectivity index (χ0v) is 27.6. The molecule has 4 atom stereocenters. The molecule has 1 heterocycles. The second-order valence-corrected chi connectivity index (χ2v) is 13.2. The molecule has 11 heteroatoms. The zero-order chi connectivity index (χ0) is 33.1. The monoisotopic (exact) mass is 626 g/mol. The summed E-state index contributed by atoms with van der Waals surface area (Å²) in [5, 5.41) is 20.3. The van der Waals surface area contributed by atoms with E-state index in [4.69, 9.17) is 14.2 Å². The van der Waals surface area contributed by atoms with Crippen molar-refractivity contribution < 1.29 is 33.7 Å². The normalized spacial score (nSPS) is 15.2. The van der Waals surface area contributed by atoms with Gasteiger partial charge < -0.3 is 40.2 Å². The summed E-state index contributed by atoms with van der Waals surface area (Å²) in [5.74, 6) is -0.348. The van der Waals surface area contributed by atoms with Gasteiger partial charge in [0.25, 0.3) is 0 Å². The van der Waals surface area contributed by atoms with Crippen molar-refractivity contribution >= 4 is 17.9 Å². The molecule has 4 N–H and O–H groups in total. The van der Waals surface area contributed by atoms with E-state index in [1.54, 1.807) is 26.8 Å². The predicted molar refractivity (Wildman–Crippen MR) is 172 cm³/mol. The summed E-state index contributed by atoms with van der Waals surface area (Å²) in [6, 6.07) is 13.4. The van der Waals surface area contributed by atoms with E-state index in [0.29, 0.717) is 31.0 Å². The van der Waals surface area contributed by atoms with Gasteiger partial charge in [-0.1, -0.05) is 50.2 Å². The molecule has 0 radical (unpaired) electrons. The van der Waals surface area contributed by atoms with Gasteiger partial charge in [0, 0.05) is 19.0 Å². The van der Waals surface area contributed by atoms with Crippen LogP contribution in [0.5, 0.6) is 11.5 Å². The molecule has 2 aromatic carbocycles. The summed E-state index contributed by atoms with van der Waals surface area (Å²) < 4.78 is 16.5. The molecule has 1 aliphatic rings. The number of fused-ring (bicyclic) bond motifs is 1. The second-order valence-electron chi connectivity index (χ2n) is 13.2. The summed E-state index contributed by atoms with van der Waals surface area (Å²) >= 11 is 0. The van der Waals surface area contributed by atoms with Gasteiger partial charge in [-0.2, -0.15) is 0 Å². The van der Waals surface area contributed by atoms with Gasteiger partial charge in [-0.25, -0.2) is 4.79 Å². The number of hydrogen-bond acceptors (Lipinski definition) is 8. The first-order chi connectivity index (χ1) is 21.2. The summed E-state index contributed by atoms with van der Waals surface area (Å²) in [6.45, 7) is 10.3. The number of ether oxygens (including phenoxy) is 3. The van der Waals surface area contributed by atoms with Crippen LogP contribution in [-0.2, 0) is 27.2 Å². The Morgan fingerprint density at radius 1 is 0.933 bits per heavy atom. The fraction of sp³-hybridized carbons (Fsp3) is 0.559. The van der Waals surface area contributed by atoms with E-state index in [1.807, 2.05) is 75.3 Å². The number of alkyl carbamates (subject to hydrolysis) is 1. The van der Waals surface area contributed by atoms with E-state index >= 15 is 0 Å². The Morgan fingerprint density at radius 2 is 1.62 bits per heavy atom. The first kappa shape index (κ1) is 35.6. The van der Waals surface area contributed by atoms with Gasteiger partial charge in [-0.3, -0.25) is 9.59 Å². The quantitative estimate of drug-likeness (QED) is 0.236. The largest absolute Gasteiger partial charge is 0.454 e. The molecule has 0 saturated carbocycles. The standard InChI is InChI=1S/C34H50N4O7/c1-22(2)30(32(41)35-15-16-38(6)7)37-31(40)25(17-24-13-14-28-29(19-24)44-21-43-28)20-27(39)26(18-23-11-9-8-10-12-23)36-33(42)45-34(3,4)5/h8-14,19,22,25-27,30,39H,15-18,20-21H2,1-7H3,(H,35,41)(H,36,42)(H,37,40)/t25-,26+,27+,30+/m1/s1. The first-order valence-corrected chi connectivity index (χ1v) is 15.5. The fourth-order valence-corrected chi connectivity index (χ4v) is 5.02. The van der Waals surface area contributed by atoms with Crippen LogP contribution < -0.4 is 25.4 Å². The molecule has 2 aromatic rings. The molecule has 0 spiro atoms.